The average Bonchev–Trinajstić information content (AvgIpc) is 3.42. The molecule has 220 valence electrons. The number of aromatic nitrogens is 3. The molecule has 43 heavy (non-hydrogen) atoms. The highest BCUT2D eigenvalue weighted by molar-refractivity contribution is 6.07. The molecule has 0 aliphatic heterocycles. The smallest absolute Gasteiger partial charge is 0.324 e. The molecule has 0 saturated heterocycles. The summed E-state index contributed by atoms with van der Waals surface area (Å²) in [6, 6.07) is 24.7. The number of nitrogens with zero attached hydrogens (tertiary/aromatic N) is 3. The highest BCUT2D eigenvalue weighted by Crippen LogP contribution is 2.32. The van der Waals surface area contributed by atoms with Gasteiger partial charge in [-0.05, 0) is 48.9 Å². The fourth-order valence-corrected chi connectivity index (χ4v) is 4.66. The first-order valence-electron chi connectivity index (χ1n) is 14.2. The summed E-state index contributed by atoms with van der Waals surface area (Å²) in [5, 5.41) is 15.1. The molecule has 0 fully saturated rings. The first-order valence-corrected chi connectivity index (χ1v) is 14.2. The molecule has 9 nitrogen and oxygen atoms in total. The Balaban J connectivity index is 1.32. The molecule has 0 aliphatic carbocycles. The minimum atomic E-state index is -0.378. The van der Waals surface area contributed by atoms with Crippen molar-refractivity contribution in [3.8, 4) is 11.4 Å². The van der Waals surface area contributed by atoms with Crippen molar-refractivity contribution in [1.82, 2.24) is 20.1 Å². The minimum absolute atomic E-state index is 0.196. The van der Waals surface area contributed by atoms with Crippen LogP contribution in [0.1, 0.15) is 48.1 Å². The van der Waals surface area contributed by atoms with Crippen molar-refractivity contribution in [2.75, 3.05) is 24.3 Å². The number of benzene rings is 3. The fraction of sp³-hybridized carbons (Fsp3) is 0.235. The molecule has 0 aliphatic rings. The van der Waals surface area contributed by atoms with E-state index >= 15 is 0 Å². The molecule has 0 spiro atoms. The largest absolute Gasteiger partial charge is 0.493 e. The average molecular weight is 577 g/mol. The number of hydrogen-bond donors (Lipinski definition) is 3. The summed E-state index contributed by atoms with van der Waals surface area (Å²) < 4.78 is 7.91. The number of hydrogen-bond acceptors (Lipinski definition) is 5. The molecular formula is C34H36N6O3. The molecule has 0 radical (unpaired) electrons. The number of amides is 3. The van der Waals surface area contributed by atoms with Gasteiger partial charge >= 0.3 is 6.03 Å². The number of nitrogens with one attached hydrogen (secondary N) is 3. The lowest BCUT2D eigenvalue weighted by Crippen LogP contribution is -2.21. The lowest BCUT2D eigenvalue weighted by atomic mass is 9.92. The maximum atomic E-state index is 13.3. The molecule has 3 aromatic carbocycles. The molecule has 2 heterocycles. The number of fused-ring (bicyclic) bond motifs is 1. The number of ether oxygens (including phenoxy) is 1. The van der Waals surface area contributed by atoms with Gasteiger partial charge in [0, 0.05) is 41.9 Å². The van der Waals surface area contributed by atoms with Crippen molar-refractivity contribution in [2.45, 2.75) is 39.5 Å². The van der Waals surface area contributed by atoms with Gasteiger partial charge in [0.05, 0.1) is 23.7 Å². The van der Waals surface area contributed by atoms with E-state index in [0.29, 0.717) is 36.0 Å². The summed E-state index contributed by atoms with van der Waals surface area (Å²) in [4.78, 5) is 29.3. The van der Waals surface area contributed by atoms with Crippen molar-refractivity contribution in [1.29, 1.82) is 0 Å². The Hall–Kier alpha value is -5.18. The minimum Gasteiger partial charge on any atom is -0.493 e. The quantitative estimate of drug-likeness (QED) is 0.192. The van der Waals surface area contributed by atoms with Crippen LogP contribution in [0, 0.1) is 6.92 Å². The normalized spacial score (nSPS) is 11.3. The van der Waals surface area contributed by atoms with Crippen LogP contribution in [0.4, 0.5) is 16.3 Å². The fourth-order valence-electron chi connectivity index (χ4n) is 4.66. The molecule has 2 aromatic heterocycles. The van der Waals surface area contributed by atoms with Gasteiger partial charge in [0.1, 0.15) is 17.3 Å². The van der Waals surface area contributed by atoms with Crippen molar-refractivity contribution >= 4 is 34.2 Å². The second kappa shape index (κ2) is 12.4. The Kier molecular flexibility index (Phi) is 8.43. The number of pyridine rings is 1. The Morgan fingerprint density at radius 2 is 1.65 bits per heavy atom. The van der Waals surface area contributed by atoms with Crippen molar-refractivity contribution in [3.63, 3.8) is 0 Å². The van der Waals surface area contributed by atoms with Gasteiger partial charge in [0.2, 0.25) is 0 Å². The molecule has 0 atom stereocenters. The summed E-state index contributed by atoms with van der Waals surface area (Å²) in [6.07, 6.45) is 2.23. The van der Waals surface area contributed by atoms with Crippen LogP contribution in [0.2, 0.25) is 0 Å². The first-order chi connectivity index (χ1) is 20.6. The second-order valence-electron chi connectivity index (χ2n) is 11.4. The van der Waals surface area contributed by atoms with Gasteiger partial charge in [-0.3, -0.25) is 15.1 Å². The number of aryl methyl sites for hydroxylation is 1. The van der Waals surface area contributed by atoms with Crippen LogP contribution in [0.25, 0.3) is 16.5 Å². The zero-order chi connectivity index (χ0) is 30.6. The van der Waals surface area contributed by atoms with Gasteiger partial charge in [0.25, 0.3) is 5.91 Å². The van der Waals surface area contributed by atoms with Crippen LogP contribution < -0.4 is 20.7 Å². The van der Waals surface area contributed by atoms with Crippen molar-refractivity contribution in [2.24, 2.45) is 0 Å². The predicted octanol–water partition coefficient (Wildman–Crippen LogP) is 6.65. The summed E-state index contributed by atoms with van der Waals surface area (Å²) >= 11 is 0. The van der Waals surface area contributed by atoms with E-state index in [0.717, 1.165) is 33.3 Å². The molecule has 3 amide bonds. The summed E-state index contributed by atoms with van der Waals surface area (Å²) in [6.45, 7) is 8.72. The van der Waals surface area contributed by atoms with E-state index in [-0.39, 0.29) is 17.4 Å². The van der Waals surface area contributed by atoms with Crippen LogP contribution in [-0.4, -0.2) is 40.4 Å². The van der Waals surface area contributed by atoms with E-state index in [4.69, 9.17) is 9.84 Å². The van der Waals surface area contributed by atoms with Crippen LogP contribution in [0.3, 0.4) is 0 Å². The van der Waals surface area contributed by atoms with Gasteiger partial charge in [0.15, 0.2) is 0 Å². The van der Waals surface area contributed by atoms with E-state index < -0.39 is 0 Å². The third-order valence-electron chi connectivity index (χ3n) is 7.06. The van der Waals surface area contributed by atoms with Gasteiger partial charge in [-0.2, -0.15) is 5.10 Å². The van der Waals surface area contributed by atoms with Gasteiger partial charge < -0.3 is 15.4 Å². The molecule has 5 aromatic rings. The monoisotopic (exact) mass is 576 g/mol. The van der Waals surface area contributed by atoms with E-state index in [1.54, 1.807) is 24.0 Å². The molecular weight excluding hydrogens is 540 g/mol. The highest BCUT2D eigenvalue weighted by Gasteiger charge is 2.22. The van der Waals surface area contributed by atoms with Gasteiger partial charge in [-0.15, -0.1) is 0 Å². The number of rotatable bonds is 8. The summed E-state index contributed by atoms with van der Waals surface area (Å²) in [5.74, 6) is 1.05. The van der Waals surface area contributed by atoms with Crippen LogP contribution >= 0.6 is 0 Å². The predicted molar refractivity (Wildman–Crippen MR) is 170 cm³/mol. The number of anilines is 2. The SMILES string of the molecule is CNC(=O)c1cc(CCOc2ccc(NC(=O)Nc3cc(C(C)(C)C)nn3-c3ccc(C)cc3)c3ccccc23)ccn1. The molecule has 3 N–H and O–H groups in total. The van der Waals surface area contributed by atoms with Gasteiger partial charge in [-0.1, -0.05) is 62.7 Å². The molecule has 5 rings (SSSR count). The molecule has 0 saturated carbocycles. The zero-order valence-corrected chi connectivity index (χ0v) is 25.1. The lowest BCUT2D eigenvalue weighted by molar-refractivity contribution is 0.0958. The van der Waals surface area contributed by atoms with Gasteiger partial charge in [-0.25, -0.2) is 9.48 Å². The van der Waals surface area contributed by atoms with E-state index in [9.17, 15) is 9.59 Å². The third kappa shape index (κ3) is 6.83. The van der Waals surface area contributed by atoms with E-state index in [2.05, 4.69) is 41.7 Å². The molecule has 0 unspecified atom stereocenters. The van der Waals surface area contributed by atoms with Crippen molar-refractivity contribution in [3.05, 3.63) is 108 Å². The zero-order valence-electron chi connectivity index (χ0n) is 25.1. The highest BCUT2D eigenvalue weighted by atomic mass is 16.5. The molecule has 9 heteroatoms. The second-order valence-corrected chi connectivity index (χ2v) is 11.4. The maximum absolute atomic E-state index is 13.3. The Morgan fingerprint density at radius 3 is 2.37 bits per heavy atom. The standard InChI is InChI=1S/C34H36N6O3/c1-22-10-12-24(13-11-22)40-31(21-30(39-40)34(2,3)4)38-33(42)37-27-14-15-29(26-9-7-6-8-25(26)27)43-19-17-23-16-18-36-28(20-23)32(41)35-5/h6-16,18,20-21H,17,19H2,1-5H3,(H,35,41)(H2,37,38,42). The Labute approximate surface area is 251 Å². The first kappa shape index (κ1) is 29.3. The summed E-state index contributed by atoms with van der Waals surface area (Å²) in [5.41, 5.74) is 4.65. The number of urea groups is 1. The van der Waals surface area contributed by atoms with Crippen LogP contribution in [-0.2, 0) is 11.8 Å². The Bertz CT molecular complexity index is 1770. The third-order valence-corrected chi connectivity index (χ3v) is 7.06. The lowest BCUT2D eigenvalue weighted by Gasteiger charge is -2.14. The topological polar surface area (TPSA) is 110 Å². The van der Waals surface area contributed by atoms with E-state index in [1.807, 2.05) is 79.7 Å². The maximum Gasteiger partial charge on any atom is 0.324 e. The van der Waals surface area contributed by atoms with Crippen LogP contribution in [0.15, 0.2) is 85.1 Å². The van der Waals surface area contributed by atoms with Crippen LogP contribution in [0.5, 0.6) is 5.75 Å². The Morgan fingerprint density at radius 1 is 0.907 bits per heavy atom. The summed E-state index contributed by atoms with van der Waals surface area (Å²) in [7, 11) is 1.58. The van der Waals surface area contributed by atoms with Crippen molar-refractivity contribution < 1.29 is 14.3 Å². The number of carbonyl (C=O) groups is 2. The van der Waals surface area contributed by atoms with E-state index in [1.165, 1.54) is 0 Å². The molecule has 0 bridgehead atoms. The number of carbonyl (C=O) groups excluding carboxylic acids is 2.